The second-order valence-corrected chi connectivity index (χ2v) is 27.4. The molecule has 4 unspecified atom stereocenters. The van der Waals surface area contributed by atoms with Crippen molar-refractivity contribution in [1.29, 1.82) is 0 Å². The van der Waals surface area contributed by atoms with Gasteiger partial charge in [-0.3, -0.25) is 0 Å². The molecular formula is C77H156O4. The average Bonchev–Trinajstić information content (AvgIpc) is 3.47. The third-order valence-corrected chi connectivity index (χ3v) is 19.6. The third kappa shape index (κ3) is 52.7. The highest BCUT2D eigenvalue weighted by atomic mass is 16.3. The first-order valence-electron chi connectivity index (χ1n) is 38.6. The fourth-order valence-electron chi connectivity index (χ4n) is 13.9. The second-order valence-electron chi connectivity index (χ2n) is 27.4. The van der Waals surface area contributed by atoms with E-state index < -0.39 is 29.8 Å². The van der Waals surface area contributed by atoms with Crippen LogP contribution in [0.1, 0.15) is 464 Å². The molecule has 0 aromatic rings. The van der Waals surface area contributed by atoms with Gasteiger partial charge in [-0.2, -0.15) is 0 Å². The standard InChI is InChI=1S/C77H156O4/c1-5-9-13-17-21-25-29-33-37-41-45-49-53-57-61-65-69-73(78)77(74(79)70-66-62-58-54-50-46-42-38-34-30-26-22-18-14-10-6-2,75(80)71-67-63-59-55-51-47-43-39-35-31-27-23-19-15-11-7-3)76(81)72-68-64-60-56-52-48-44-40-36-32-28-24-20-16-12-8-4/h73-76,78-81H,5-72H2,1-4H3. The quantitative estimate of drug-likeness (QED) is 0.0458. The maximum atomic E-state index is 12.5. The molecule has 0 amide bonds. The highest BCUT2D eigenvalue weighted by Gasteiger charge is 2.54. The van der Waals surface area contributed by atoms with Crippen molar-refractivity contribution in [3.63, 3.8) is 0 Å². The molecule has 0 fully saturated rings. The van der Waals surface area contributed by atoms with E-state index in [1.54, 1.807) is 0 Å². The molecule has 0 aliphatic carbocycles. The maximum Gasteiger partial charge on any atom is 0.0739 e. The summed E-state index contributed by atoms with van der Waals surface area (Å²) in [5, 5.41) is 50.0. The first-order chi connectivity index (χ1) is 39.9. The minimum absolute atomic E-state index is 0.556. The first kappa shape index (κ1) is 80.8. The number of aliphatic hydroxyl groups is 4. The molecule has 0 aromatic carbocycles. The SMILES string of the molecule is CCCCCCCCCCCCCCCCCCC(O)C(C(O)CCCCCCCCCCCCCCCCCC)(C(O)CCCCCCCCCCCCCCCCCC)C(O)CCCCCCCCCCCCCCCCCC. The summed E-state index contributed by atoms with van der Waals surface area (Å²) in [5.74, 6) is 0. The Balaban J connectivity index is 5.45. The van der Waals surface area contributed by atoms with E-state index in [9.17, 15) is 20.4 Å². The molecule has 0 bridgehead atoms. The summed E-state index contributed by atoms with van der Waals surface area (Å²) in [7, 11) is 0. The Kier molecular flexibility index (Phi) is 67.2. The molecule has 0 aliphatic heterocycles. The van der Waals surface area contributed by atoms with E-state index in [0.29, 0.717) is 25.7 Å². The Hall–Kier alpha value is -0.160. The van der Waals surface area contributed by atoms with Crippen molar-refractivity contribution in [3.8, 4) is 0 Å². The predicted octanol–water partition coefficient (Wildman–Crippen LogP) is 26.0. The smallest absolute Gasteiger partial charge is 0.0739 e. The Bertz CT molecular complexity index is 953. The highest BCUT2D eigenvalue weighted by Crippen LogP contribution is 2.43. The fourth-order valence-corrected chi connectivity index (χ4v) is 13.9. The van der Waals surface area contributed by atoms with Gasteiger partial charge in [-0.1, -0.05) is 439 Å². The zero-order valence-corrected chi connectivity index (χ0v) is 56.7. The highest BCUT2D eigenvalue weighted by molar-refractivity contribution is 5.03. The summed E-state index contributed by atoms with van der Waals surface area (Å²) in [6.45, 7) is 9.20. The van der Waals surface area contributed by atoms with Crippen molar-refractivity contribution in [2.75, 3.05) is 0 Å². The normalized spacial score (nSPS) is 14.2. The van der Waals surface area contributed by atoms with E-state index >= 15 is 0 Å². The largest absolute Gasteiger partial charge is 0.392 e. The van der Waals surface area contributed by atoms with Gasteiger partial charge in [0.2, 0.25) is 0 Å². The van der Waals surface area contributed by atoms with Crippen molar-refractivity contribution in [3.05, 3.63) is 0 Å². The Morgan fingerprint density at radius 1 is 0.148 bits per heavy atom. The van der Waals surface area contributed by atoms with Gasteiger partial charge in [0.1, 0.15) is 0 Å². The number of aliphatic hydroxyl groups excluding tert-OH is 4. The van der Waals surface area contributed by atoms with Crippen LogP contribution < -0.4 is 0 Å². The van der Waals surface area contributed by atoms with Gasteiger partial charge >= 0.3 is 0 Å². The molecule has 0 aromatic heterocycles. The lowest BCUT2D eigenvalue weighted by Crippen LogP contribution is -2.60. The van der Waals surface area contributed by atoms with Crippen LogP contribution in [0.15, 0.2) is 0 Å². The summed E-state index contributed by atoms with van der Waals surface area (Å²) in [5.41, 5.74) is -1.30. The predicted molar refractivity (Wildman–Crippen MR) is 363 cm³/mol. The van der Waals surface area contributed by atoms with Gasteiger partial charge in [-0.05, 0) is 25.7 Å². The van der Waals surface area contributed by atoms with Crippen LogP contribution in [0, 0.1) is 5.41 Å². The van der Waals surface area contributed by atoms with Crippen LogP contribution in [0.3, 0.4) is 0 Å². The van der Waals surface area contributed by atoms with Crippen LogP contribution >= 0.6 is 0 Å². The Morgan fingerprint density at radius 3 is 0.333 bits per heavy atom. The molecule has 0 spiro atoms. The molecule has 0 saturated heterocycles. The molecular weight excluding hydrogens is 989 g/mol. The van der Waals surface area contributed by atoms with Crippen LogP contribution in [0.5, 0.6) is 0 Å². The maximum absolute atomic E-state index is 12.5. The van der Waals surface area contributed by atoms with Crippen LogP contribution in [0.25, 0.3) is 0 Å². The van der Waals surface area contributed by atoms with Crippen LogP contribution in [0.4, 0.5) is 0 Å². The first-order valence-corrected chi connectivity index (χ1v) is 38.6. The molecule has 81 heavy (non-hydrogen) atoms. The van der Waals surface area contributed by atoms with E-state index in [0.717, 1.165) is 51.4 Å². The monoisotopic (exact) mass is 1150 g/mol. The van der Waals surface area contributed by atoms with Gasteiger partial charge in [-0.25, -0.2) is 0 Å². The lowest BCUT2D eigenvalue weighted by Gasteiger charge is -2.49. The molecule has 488 valence electrons. The molecule has 4 heteroatoms. The van der Waals surface area contributed by atoms with E-state index in [1.165, 1.54) is 360 Å². The molecule has 0 radical (unpaired) electrons. The molecule has 4 nitrogen and oxygen atoms in total. The molecule has 0 aliphatic rings. The van der Waals surface area contributed by atoms with Crippen LogP contribution in [-0.4, -0.2) is 44.8 Å². The summed E-state index contributed by atoms with van der Waals surface area (Å²) in [6, 6.07) is 0. The lowest BCUT2D eigenvalue weighted by atomic mass is 9.63. The van der Waals surface area contributed by atoms with E-state index in [2.05, 4.69) is 27.7 Å². The molecule has 4 atom stereocenters. The number of hydrogen-bond donors (Lipinski definition) is 4. The van der Waals surface area contributed by atoms with Gasteiger partial charge in [0, 0.05) is 0 Å². The summed E-state index contributed by atoms with van der Waals surface area (Å²) < 4.78 is 0. The van der Waals surface area contributed by atoms with Crippen molar-refractivity contribution in [2.24, 2.45) is 5.41 Å². The van der Waals surface area contributed by atoms with Crippen molar-refractivity contribution < 1.29 is 20.4 Å². The second kappa shape index (κ2) is 67.3. The molecule has 0 heterocycles. The van der Waals surface area contributed by atoms with Gasteiger partial charge < -0.3 is 20.4 Å². The summed E-state index contributed by atoms with van der Waals surface area (Å²) in [4.78, 5) is 0. The van der Waals surface area contributed by atoms with Gasteiger partial charge in [0.15, 0.2) is 0 Å². The lowest BCUT2D eigenvalue weighted by molar-refractivity contribution is -0.201. The third-order valence-electron chi connectivity index (χ3n) is 19.6. The van der Waals surface area contributed by atoms with E-state index in [-0.39, 0.29) is 0 Å². The Morgan fingerprint density at radius 2 is 0.235 bits per heavy atom. The van der Waals surface area contributed by atoms with E-state index in [4.69, 9.17) is 0 Å². The number of hydrogen-bond acceptors (Lipinski definition) is 4. The van der Waals surface area contributed by atoms with Crippen molar-refractivity contribution >= 4 is 0 Å². The van der Waals surface area contributed by atoms with Crippen LogP contribution in [-0.2, 0) is 0 Å². The number of unbranched alkanes of at least 4 members (excludes halogenated alkanes) is 60. The zero-order valence-electron chi connectivity index (χ0n) is 56.7. The average molecular weight is 1150 g/mol. The summed E-state index contributed by atoms with van der Waals surface area (Å²) in [6.07, 6.45) is 82.6. The van der Waals surface area contributed by atoms with E-state index in [1.807, 2.05) is 0 Å². The molecule has 0 saturated carbocycles. The van der Waals surface area contributed by atoms with Crippen molar-refractivity contribution in [2.45, 2.75) is 489 Å². The summed E-state index contributed by atoms with van der Waals surface area (Å²) >= 11 is 0. The minimum atomic E-state index is -1.30. The van der Waals surface area contributed by atoms with Gasteiger partial charge in [-0.15, -0.1) is 0 Å². The van der Waals surface area contributed by atoms with Crippen LogP contribution in [0.2, 0.25) is 0 Å². The topological polar surface area (TPSA) is 80.9 Å². The zero-order chi connectivity index (χ0) is 58.9. The minimum Gasteiger partial charge on any atom is -0.392 e. The number of rotatable bonds is 72. The van der Waals surface area contributed by atoms with Crippen molar-refractivity contribution in [1.82, 2.24) is 0 Å². The van der Waals surface area contributed by atoms with Gasteiger partial charge in [0.05, 0.1) is 29.8 Å². The Labute approximate surface area is 512 Å². The molecule has 4 N–H and O–H groups in total. The molecule has 0 rings (SSSR count). The van der Waals surface area contributed by atoms with Gasteiger partial charge in [0.25, 0.3) is 0 Å². The fraction of sp³-hybridized carbons (Fsp3) is 1.00.